The highest BCUT2D eigenvalue weighted by Gasteiger charge is 2.50. The Bertz CT molecular complexity index is 759. The Labute approximate surface area is 221 Å². The standard InChI is InChI=1S/C29H45ClO6/c1-3-5-6-12-23(31)28(30)29(33)27-22-16-15-20(11-7-8-13-25(32)34-4-2)18-21(22)19-24(27)36-26-14-9-10-17-35-26/h7,11,18,21-22,24,26-29,33H,3-6,8-10,12-17,19H2,1-2H3/b11-7-/t21-,22+,24-,26?,27-,28?,29?/m1/s1. The third-order valence-electron chi connectivity index (χ3n) is 7.82. The number of halogens is 1. The molecule has 0 aromatic rings. The summed E-state index contributed by atoms with van der Waals surface area (Å²) in [7, 11) is 0. The van der Waals surface area contributed by atoms with E-state index in [1.54, 1.807) is 0 Å². The van der Waals surface area contributed by atoms with Crippen LogP contribution in [-0.4, -0.2) is 53.9 Å². The van der Waals surface area contributed by atoms with Gasteiger partial charge in [-0.3, -0.25) is 9.59 Å². The highest BCUT2D eigenvalue weighted by atomic mass is 35.5. The summed E-state index contributed by atoms with van der Waals surface area (Å²) < 4.78 is 17.3. The van der Waals surface area contributed by atoms with Crippen LogP contribution < -0.4 is 0 Å². The highest BCUT2D eigenvalue weighted by Crippen LogP contribution is 2.49. The number of unbranched alkanes of at least 4 members (excludes halogenated alkanes) is 2. The summed E-state index contributed by atoms with van der Waals surface area (Å²) in [6.07, 6.45) is 15.0. The largest absolute Gasteiger partial charge is 0.466 e. The Hall–Kier alpha value is -1.21. The summed E-state index contributed by atoms with van der Waals surface area (Å²) in [5, 5.41) is 10.5. The van der Waals surface area contributed by atoms with E-state index in [1.165, 1.54) is 5.57 Å². The number of aliphatic hydroxyl groups excluding tert-OH is 1. The molecule has 3 rings (SSSR count). The maximum absolute atomic E-state index is 12.7. The van der Waals surface area contributed by atoms with Gasteiger partial charge < -0.3 is 19.3 Å². The van der Waals surface area contributed by atoms with Gasteiger partial charge in [0, 0.05) is 25.4 Å². The number of ketones is 1. The summed E-state index contributed by atoms with van der Waals surface area (Å²) in [6.45, 7) is 5.03. The van der Waals surface area contributed by atoms with Crippen molar-refractivity contribution in [3.8, 4) is 0 Å². The van der Waals surface area contributed by atoms with Crippen LogP contribution >= 0.6 is 11.6 Å². The summed E-state index contributed by atoms with van der Waals surface area (Å²) >= 11 is 6.59. The van der Waals surface area contributed by atoms with Crippen molar-refractivity contribution in [1.82, 2.24) is 0 Å². The Balaban J connectivity index is 1.67. The van der Waals surface area contributed by atoms with E-state index in [0.717, 1.165) is 57.8 Å². The second kappa shape index (κ2) is 15.3. The number of carbonyl (C=O) groups is 2. The molecule has 0 aromatic carbocycles. The number of hydrogen-bond donors (Lipinski definition) is 1. The maximum atomic E-state index is 12.7. The number of alkyl halides is 1. The van der Waals surface area contributed by atoms with Gasteiger partial charge in [-0.25, -0.2) is 0 Å². The van der Waals surface area contributed by atoms with Crippen molar-refractivity contribution in [2.45, 2.75) is 115 Å². The van der Waals surface area contributed by atoms with E-state index < -0.39 is 11.5 Å². The number of ether oxygens (including phenoxy) is 3. The molecule has 0 bridgehead atoms. The minimum atomic E-state index is -0.931. The number of Topliss-reactive ketones (excluding diaryl/α,β-unsaturated/α-hetero) is 1. The number of allylic oxidation sites excluding steroid dienone is 4. The van der Waals surface area contributed by atoms with E-state index in [2.05, 4.69) is 19.1 Å². The predicted molar refractivity (Wildman–Crippen MR) is 141 cm³/mol. The molecule has 3 unspecified atom stereocenters. The molecule has 3 aliphatic rings. The van der Waals surface area contributed by atoms with Crippen molar-refractivity contribution < 1.29 is 28.9 Å². The van der Waals surface area contributed by atoms with E-state index in [1.807, 2.05) is 13.0 Å². The second-order valence-corrected chi connectivity index (χ2v) is 10.9. The summed E-state index contributed by atoms with van der Waals surface area (Å²) in [6, 6.07) is 0. The number of aliphatic hydroxyl groups is 1. The first kappa shape index (κ1) is 29.3. The molecule has 0 aromatic heterocycles. The fourth-order valence-electron chi connectivity index (χ4n) is 5.96. The van der Waals surface area contributed by atoms with Gasteiger partial charge in [0.2, 0.25) is 0 Å². The van der Waals surface area contributed by atoms with Crippen molar-refractivity contribution in [2.75, 3.05) is 13.2 Å². The van der Waals surface area contributed by atoms with Gasteiger partial charge in [0.1, 0.15) is 5.38 Å². The number of rotatable bonds is 14. The lowest BCUT2D eigenvalue weighted by Gasteiger charge is -2.35. The molecule has 1 N–H and O–H groups in total. The van der Waals surface area contributed by atoms with E-state index in [9.17, 15) is 14.7 Å². The molecule has 6 nitrogen and oxygen atoms in total. The second-order valence-electron chi connectivity index (χ2n) is 10.5. The van der Waals surface area contributed by atoms with Crippen LogP contribution in [0.3, 0.4) is 0 Å². The first-order chi connectivity index (χ1) is 17.4. The fourth-order valence-corrected chi connectivity index (χ4v) is 6.24. The molecule has 0 amide bonds. The number of carbonyl (C=O) groups excluding carboxylic acids is 2. The quantitative estimate of drug-likeness (QED) is 0.173. The Morgan fingerprint density at radius 3 is 2.78 bits per heavy atom. The molecule has 0 radical (unpaired) electrons. The number of hydrogen-bond acceptors (Lipinski definition) is 6. The Morgan fingerprint density at radius 2 is 2.06 bits per heavy atom. The van der Waals surface area contributed by atoms with Gasteiger partial charge in [0.05, 0.1) is 18.8 Å². The molecular formula is C29H45ClO6. The number of esters is 1. The Morgan fingerprint density at radius 1 is 1.22 bits per heavy atom. The minimum absolute atomic E-state index is 0.0645. The molecule has 2 fully saturated rings. The molecule has 7 heteroatoms. The average Bonchev–Trinajstić information content (AvgIpc) is 3.23. The lowest BCUT2D eigenvalue weighted by molar-refractivity contribution is -0.202. The lowest BCUT2D eigenvalue weighted by atomic mass is 9.76. The van der Waals surface area contributed by atoms with Gasteiger partial charge in [0.25, 0.3) is 0 Å². The summed E-state index contributed by atoms with van der Waals surface area (Å²) in [5.74, 6) is 0.0528. The van der Waals surface area contributed by atoms with Gasteiger partial charge in [-0.15, -0.1) is 11.6 Å². The minimum Gasteiger partial charge on any atom is -0.466 e. The van der Waals surface area contributed by atoms with Crippen molar-refractivity contribution in [3.63, 3.8) is 0 Å². The maximum Gasteiger partial charge on any atom is 0.306 e. The SMILES string of the molecule is CCCCCC(=O)C(Cl)C(O)[C@@H]1[C@H]2CCC(/C=C\CCC(=O)OCC)=C[C@@H]2C[C@H]1OC1CCCCO1. The van der Waals surface area contributed by atoms with E-state index in [4.69, 9.17) is 25.8 Å². The van der Waals surface area contributed by atoms with Crippen LogP contribution in [0.2, 0.25) is 0 Å². The summed E-state index contributed by atoms with van der Waals surface area (Å²) in [4.78, 5) is 24.3. The van der Waals surface area contributed by atoms with Crippen LogP contribution in [0.4, 0.5) is 0 Å². The molecule has 7 atom stereocenters. The molecule has 1 heterocycles. The number of fused-ring (bicyclic) bond motifs is 1. The lowest BCUT2D eigenvalue weighted by Crippen LogP contribution is -2.44. The van der Waals surface area contributed by atoms with Crippen molar-refractivity contribution >= 4 is 23.4 Å². The van der Waals surface area contributed by atoms with Crippen LogP contribution in [0.1, 0.15) is 90.9 Å². The fraction of sp³-hybridized carbons (Fsp3) is 0.793. The first-order valence-electron chi connectivity index (χ1n) is 14.1. The van der Waals surface area contributed by atoms with Crippen molar-refractivity contribution in [3.05, 3.63) is 23.8 Å². The van der Waals surface area contributed by atoms with E-state index in [-0.39, 0.29) is 41.9 Å². The van der Waals surface area contributed by atoms with Gasteiger partial charge in [0.15, 0.2) is 12.1 Å². The Kier molecular flexibility index (Phi) is 12.4. The average molecular weight is 525 g/mol. The third-order valence-corrected chi connectivity index (χ3v) is 8.32. The van der Waals surface area contributed by atoms with Crippen LogP contribution in [-0.2, 0) is 23.8 Å². The first-order valence-corrected chi connectivity index (χ1v) is 14.5. The van der Waals surface area contributed by atoms with Crippen molar-refractivity contribution in [1.29, 1.82) is 0 Å². The van der Waals surface area contributed by atoms with Crippen LogP contribution in [0.5, 0.6) is 0 Å². The normalized spacial score (nSPS) is 30.0. The molecule has 1 aliphatic heterocycles. The molecular weight excluding hydrogens is 480 g/mol. The van der Waals surface area contributed by atoms with Gasteiger partial charge in [-0.2, -0.15) is 0 Å². The van der Waals surface area contributed by atoms with Crippen LogP contribution in [0.25, 0.3) is 0 Å². The summed E-state index contributed by atoms with van der Waals surface area (Å²) in [5.41, 5.74) is 1.25. The third kappa shape index (κ3) is 8.41. The highest BCUT2D eigenvalue weighted by molar-refractivity contribution is 6.31. The van der Waals surface area contributed by atoms with Gasteiger partial charge in [-0.1, -0.05) is 43.6 Å². The molecule has 36 heavy (non-hydrogen) atoms. The molecule has 1 saturated heterocycles. The smallest absolute Gasteiger partial charge is 0.306 e. The zero-order valence-electron chi connectivity index (χ0n) is 22.0. The topological polar surface area (TPSA) is 82.1 Å². The van der Waals surface area contributed by atoms with E-state index in [0.29, 0.717) is 32.5 Å². The molecule has 1 saturated carbocycles. The monoisotopic (exact) mass is 524 g/mol. The van der Waals surface area contributed by atoms with Gasteiger partial charge in [-0.05, 0) is 70.1 Å². The van der Waals surface area contributed by atoms with Crippen molar-refractivity contribution in [2.24, 2.45) is 17.8 Å². The van der Waals surface area contributed by atoms with Crippen LogP contribution in [0.15, 0.2) is 23.8 Å². The molecule has 204 valence electrons. The van der Waals surface area contributed by atoms with E-state index >= 15 is 0 Å². The molecule has 2 aliphatic carbocycles. The zero-order valence-corrected chi connectivity index (χ0v) is 22.8. The predicted octanol–water partition coefficient (Wildman–Crippen LogP) is 5.89. The van der Waals surface area contributed by atoms with Crippen LogP contribution in [0, 0.1) is 17.8 Å². The molecule has 0 spiro atoms. The zero-order chi connectivity index (χ0) is 25.9. The van der Waals surface area contributed by atoms with Gasteiger partial charge >= 0.3 is 5.97 Å².